The third-order valence-electron chi connectivity index (χ3n) is 5.70. The van der Waals surface area contributed by atoms with Gasteiger partial charge in [0.2, 0.25) is 5.91 Å². The minimum Gasteiger partial charge on any atom is -0.383 e. The quantitative estimate of drug-likeness (QED) is 0.834. The molecule has 0 aliphatic carbocycles. The van der Waals surface area contributed by atoms with Crippen molar-refractivity contribution in [3.8, 4) is 0 Å². The normalized spacial score (nSPS) is 18.0. The van der Waals surface area contributed by atoms with E-state index in [0.717, 1.165) is 11.3 Å². The molecule has 3 heterocycles. The number of hydrogen-bond acceptors (Lipinski definition) is 4. The van der Waals surface area contributed by atoms with Crippen LogP contribution in [-0.2, 0) is 14.9 Å². The number of methoxy groups -OCH3 is 1. The fourth-order valence-electron chi connectivity index (χ4n) is 4.25. The van der Waals surface area contributed by atoms with Gasteiger partial charge in [-0.05, 0) is 36.6 Å². The Bertz CT molecular complexity index is 845. The van der Waals surface area contributed by atoms with Crippen LogP contribution in [-0.4, -0.2) is 55.0 Å². The number of amides is 2. The van der Waals surface area contributed by atoms with Crippen LogP contribution in [0.2, 0.25) is 0 Å². The Morgan fingerprint density at radius 1 is 1.19 bits per heavy atom. The van der Waals surface area contributed by atoms with Gasteiger partial charge in [0.1, 0.15) is 0 Å². The molecular weight excluding hydrogens is 342 g/mol. The number of carbonyl (C=O) groups is 2. The second-order valence-corrected chi connectivity index (χ2v) is 7.08. The Morgan fingerprint density at radius 3 is 2.67 bits per heavy atom. The molecule has 0 radical (unpaired) electrons. The highest BCUT2D eigenvalue weighted by molar-refractivity contribution is 6.08. The molecule has 0 unspecified atom stereocenters. The van der Waals surface area contributed by atoms with Crippen molar-refractivity contribution < 1.29 is 14.3 Å². The number of piperidine rings is 1. The van der Waals surface area contributed by atoms with Crippen LogP contribution in [0.3, 0.4) is 0 Å². The van der Waals surface area contributed by atoms with Gasteiger partial charge in [-0.1, -0.05) is 18.2 Å². The summed E-state index contributed by atoms with van der Waals surface area (Å²) in [5, 5.41) is 0. The van der Waals surface area contributed by atoms with Crippen molar-refractivity contribution in [3.63, 3.8) is 0 Å². The summed E-state index contributed by atoms with van der Waals surface area (Å²) in [6.45, 7) is 2.17. The van der Waals surface area contributed by atoms with E-state index in [2.05, 4.69) is 11.1 Å². The van der Waals surface area contributed by atoms with Gasteiger partial charge < -0.3 is 14.5 Å². The molecule has 0 saturated carbocycles. The molecule has 2 aliphatic rings. The highest BCUT2D eigenvalue weighted by Crippen LogP contribution is 2.47. The zero-order valence-corrected chi connectivity index (χ0v) is 15.4. The molecule has 1 aromatic carbocycles. The minimum absolute atomic E-state index is 0.0204. The number of fused-ring (bicyclic) bond motifs is 2. The number of ether oxygens (including phenoxy) is 1. The van der Waals surface area contributed by atoms with Crippen LogP contribution >= 0.6 is 0 Å². The van der Waals surface area contributed by atoms with Crippen LogP contribution in [0.15, 0.2) is 48.8 Å². The van der Waals surface area contributed by atoms with Crippen molar-refractivity contribution in [2.75, 3.05) is 38.3 Å². The molecule has 27 heavy (non-hydrogen) atoms. The molecule has 2 aliphatic heterocycles. The summed E-state index contributed by atoms with van der Waals surface area (Å²) < 4.78 is 5.19. The number of aromatic nitrogens is 1. The van der Waals surface area contributed by atoms with E-state index in [0.29, 0.717) is 44.6 Å². The molecule has 0 atom stereocenters. The van der Waals surface area contributed by atoms with E-state index in [-0.39, 0.29) is 11.8 Å². The predicted molar refractivity (Wildman–Crippen MR) is 102 cm³/mol. The second kappa shape index (κ2) is 7.12. The maximum absolute atomic E-state index is 13.3. The fraction of sp³-hybridized carbons (Fsp3) is 0.381. The van der Waals surface area contributed by atoms with E-state index in [1.807, 2.05) is 28.0 Å². The first-order chi connectivity index (χ1) is 13.2. The lowest BCUT2D eigenvalue weighted by molar-refractivity contribution is -0.124. The molecular formula is C21H23N3O3. The van der Waals surface area contributed by atoms with Gasteiger partial charge in [-0.15, -0.1) is 0 Å². The van der Waals surface area contributed by atoms with Crippen molar-refractivity contribution in [2.45, 2.75) is 18.3 Å². The van der Waals surface area contributed by atoms with Crippen LogP contribution in [0.5, 0.6) is 0 Å². The number of rotatable bonds is 4. The largest absolute Gasteiger partial charge is 0.383 e. The zero-order chi connectivity index (χ0) is 18.9. The van der Waals surface area contributed by atoms with E-state index in [4.69, 9.17) is 4.74 Å². The van der Waals surface area contributed by atoms with E-state index in [1.54, 1.807) is 31.6 Å². The van der Waals surface area contributed by atoms with Crippen LogP contribution in [0.25, 0.3) is 0 Å². The maximum Gasteiger partial charge on any atom is 0.255 e. The number of nitrogens with zero attached hydrogens (tertiary/aromatic N) is 3. The maximum atomic E-state index is 13.3. The summed E-state index contributed by atoms with van der Waals surface area (Å²) in [7, 11) is 1.64. The number of anilines is 1. The third-order valence-corrected chi connectivity index (χ3v) is 5.70. The SMILES string of the molecule is COCCN1C(=O)C2(CCN(C(=O)c3cccnc3)CC2)c2ccccc21. The monoisotopic (exact) mass is 365 g/mol. The minimum atomic E-state index is -0.532. The number of pyridine rings is 1. The average Bonchev–Trinajstić information content (AvgIpc) is 2.95. The molecule has 0 bridgehead atoms. The summed E-state index contributed by atoms with van der Waals surface area (Å²) in [5.74, 6) is 0.113. The topological polar surface area (TPSA) is 62.7 Å². The fourth-order valence-corrected chi connectivity index (χ4v) is 4.25. The molecule has 2 amide bonds. The number of likely N-dealkylation sites (tertiary alicyclic amines) is 1. The van der Waals surface area contributed by atoms with Crippen molar-refractivity contribution in [3.05, 3.63) is 59.9 Å². The lowest BCUT2D eigenvalue weighted by atomic mass is 9.73. The highest BCUT2D eigenvalue weighted by atomic mass is 16.5. The van der Waals surface area contributed by atoms with Crippen LogP contribution in [0.4, 0.5) is 5.69 Å². The van der Waals surface area contributed by atoms with Gasteiger partial charge in [-0.3, -0.25) is 14.6 Å². The summed E-state index contributed by atoms with van der Waals surface area (Å²) in [6, 6.07) is 11.6. The number of para-hydroxylation sites is 1. The molecule has 0 N–H and O–H groups in total. The third kappa shape index (κ3) is 2.90. The number of benzene rings is 1. The standard InChI is InChI=1S/C21H23N3O3/c1-27-14-13-24-18-7-3-2-6-17(18)21(20(24)26)8-11-23(12-9-21)19(25)16-5-4-10-22-15-16/h2-7,10,15H,8-9,11-14H2,1H3. The Labute approximate surface area is 158 Å². The Kier molecular flexibility index (Phi) is 4.66. The van der Waals surface area contributed by atoms with Crippen LogP contribution < -0.4 is 4.90 Å². The van der Waals surface area contributed by atoms with Crippen LogP contribution in [0.1, 0.15) is 28.8 Å². The molecule has 1 aromatic heterocycles. The molecule has 6 heteroatoms. The first kappa shape index (κ1) is 17.7. The van der Waals surface area contributed by atoms with Gasteiger partial charge in [0.15, 0.2) is 0 Å². The Hall–Kier alpha value is -2.73. The van der Waals surface area contributed by atoms with E-state index in [9.17, 15) is 9.59 Å². The van der Waals surface area contributed by atoms with Crippen LogP contribution in [0, 0.1) is 0 Å². The van der Waals surface area contributed by atoms with Crippen molar-refractivity contribution in [1.29, 1.82) is 0 Å². The summed E-state index contributed by atoms with van der Waals surface area (Å²) in [4.78, 5) is 33.8. The number of hydrogen-bond donors (Lipinski definition) is 0. The molecule has 1 fully saturated rings. The molecule has 140 valence electrons. The average molecular weight is 365 g/mol. The van der Waals surface area contributed by atoms with Gasteiger partial charge in [0.25, 0.3) is 5.91 Å². The van der Waals surface area contributed by atoms with Gasteiger partial charge >= 0.3 is 0 Å². The Balaban J connectivity index is 1.57. The summed E-state index contributed by atoms with van der Waals surface area (Å²) >= 11 is 0. The van der Waals surface area contributed by atoms with Crippen molar-refractivity contribution in [1.82, 2.24) is 9.88 Å². The van der Waals surface area contributed by atoms with Gasteiger partial charge in [0, 0.05) is 44.8 Å². The first-order valence-electron chi connectivity index (χ1n) is 9.27. The second-order valence-electron chi connectivity index (χ2n) is 7.08. The van der Waals surface area contributed by atoms with Gasteiger partial charge in [0.05, 0.1) is 17.6 Å². The van der Waals surface area contributed by atoms with Crippen molar-refractivity contribution >= 4 is 17.5 Å². The summed E-state index contributed by atoms with van der Waals surface area (Å²) in [5.41, 5.74) is 2.12. The van der Waals surface area contributed by atoms with Crippen molar-refractivity contribution in [2.24, 2.45) is 0 Å². The lowest BCUT2D eigenvalue weighted by Crippen LogP contribution is -2.50. The van der Waals surface area contributed by atoms with Gasteiger partial charge in [-0.25, -0.2) is 0 Å². The summed E-state index contributed by atoms with van der Waals surface area (Å²) in [6.07, 6.45) is 4.52. The molecule has 2 aromatic rings. The van der Waals surface area contributed by atoms with Gasteiger partial charge in [-0.2, -0.15) is 0 Å². The lowest BCUT2D eigenvalue weighted by Gasteiger charge is -2.38. The number of carbonyl (C=O) groups excluding carboxylic acids is 2. The molecule has 6 nitrogen and oxygen atoms in total. The highest BCUT2D eigenvalue weighted by Gasteiger charge is 2.52. The Morgan fingerprint density at radius 2 is 1.96 bits per heavy atom. The smallest absolute Gasteiger partial charge is 0.255 e. The molecule has 4 rings (SSSR count). The first-order valence-corrected chi connectivity index (χ1v) is 9.27. The van der Waals surface area contributed by atoms with E-state index >= 15 is 0 Å². The zero-order valence-electron chi connectivity index (χ0n) is 15.4. The van der Waals surface area contributed by atoms with E-state index in [1.165, 1.54) is 0 Å². The molecule has 1 saturated heterocycles. The molecule has 1 spiro atoms. The predicted octanol–water partition coefficient (Wildman–Crippen LogP) is 2.25. The van der Waals surface area contributed by atoms with E-state index < -0.39 is 5.41 Å².